The van der Waals surface area contributed by atoms with Crippen LogP contribution in [0.25, 0.3) is 0 Å². The highest BCUT2D eigenvalue weighted by atomic mass is 16.5. The molecule has 4 heterocycles. The van der Waals surface area contributed by atoms with Gasteiger partial charge in [0.2, 0.25) is 5.91 Å². The predicted octanol–water partition coefficient (Wildman–Crippen LogP) is 0.639. The van der Waals surface area contributed by atoms with Crippen molar-refractivity contribution in [3.05, 3.63) is 48.7 Å². The highest BCUT2D eigenvalue weighted by molar-refractivity contribution is 5.79. The van der Waals surface area contributed by atoms with Crippen LogP contribution in [0.4, 0.5) is 5.82 Å². The number of rotatable bonds is 4. The van der Waals surface area contributed by atoms with Crippen LogP contribution in [-0.4, -0.2) is 46.7 Å². The molecule has 1 N–H and O–H groups in total. The van der Waals surface area contributed by atoms with Gasteiger partial charge in [0.05, 0.1) is 30.9 Å². The minimum Gasteiger partial charge on any atom is -0.375 e. The van der Waals surface area contributed by atoms with Crippen molar-refractivity contribution in [3.63, 3.8) is 0 Å². The Kier molecular flexibility index (Phi) is 4.08. The SMILES string of the molecule is O=C(NCc1ccccn1)[C@H]1CO[C@@H]2CN(c3ccncn3)C[C@H]12. The molecule has 2 saturated heterocycles. The first-order valence-electron chi connectivity index (χ1n) is 8.11. The maximum Gasteiger partial charge on any atom is 0.226 e. The standard InChI is InChI=1S/C17H19N5O2/c23-17(20-7-12-3-1-2-5-19-12)14-10-24-15-9-22(8-13(14)15)16-4-6-18-11-21-16/h1-6,11,13-15H,7-10H2,(H,20,23)/t13-,14+,15-/m1/s1. The fourth-order valence-electron chi connectivity index (χ4n) is 3.45. The van der Waals surface area contributed by atoms with Gasteiger partial charge in [-0.05, 0) is 18.2 Å². The Bertz CT molecular complexity index is 697. The smallest absolute Gasteiger partial charge is 0.226 e. The first-order valence-corrected chi connectivity index (χ1v) is 8.11. The van der Waals surface area contributed by atoms with Gasteiger partial charge in [-0.3, -0.25) is 9.78 Å². The fourth-order valence-corrected chi connectivity index (χ4v) is 3.45. The van der Waals surface area contributed by atoms with Crippen molar-refractivity contribution in [3.8, 4) is 0 Å². The zero-order chi connectivity index (χ0) is 16.4. The number of aromatic nitrogens is 3. The van der Waals surface area contributed by atoms with Crippen molar-refractivity contribution >= 4 is 11.7 Å². The third-order valence-electron chi connectivity index (χ3n) is 4.71. The first kappa shape index (κ1) is 15.0. The number of fused-ring (bicyclic) bond motifs is 1. The Hall–Kier alpha value is -2.54. The van der Waals surface area contributed by atoms with Gasteiger partial charge in [0.15, 0.2) is 0 Å². The van der Waals surface area contributed by atoms with Crippen LogP contribution in [0, 0.1) is 11.8 Å². The molecule has 0 radical (unpaired) electrons. The largest absolute Gasteiger partial charge is 0.375 e. The summed E-state index contributed by atoms with van der Waals surface area (Å²) in [6.45, 7) is 2.49. The molecule has 1 amide bonds. The molecule has 0 bridgehead atoms. The van der Waals surface area contributed by atoms with E-state index in [2.05, 4.69) is 25.2 Å². The maximum absolute atomic E-state index is 12.5. The Morgan fingerprint density at radius 1 is 1.25 bits per heavy atom. The zero-order valence-corrected chi connectivity index (χ0v) is 13.2. The lowest BCUT2D eigenvalue weighted by atomic mass is 9.92. The molecule has 0 unspecified atom stereocenters. The Morgan fingerprint density at radius 2 is 2.21 bits per heavy atom. The summed E-state index contributed by atoms with van der Waals surface area (Å²) in [7, 11) is 0. The molecule has 2 aliphatic heterocycles. The molecular formula is C17H19N5O2. The second-order valence-corrected chi connectivity index (χ2v) is 6.15. The second kappa shape index (κ2) is 6.52. The van der Waals surface area contributed by atoms with E-state index in [1.807, 2.05) is 24.3 Å². The molecule has 2 aromatic heterocycles. The van der Waals surface area contributed by atoms with Gasteiger partial charge in [-0.15, -0.1) is 0 Å². The van der Waals surface area contributed by atoms with Crippen LogP contribution < -0.4 is 10.2 Å². The third-order valence-corrected chi connectivity index (χ3v) is 4.71. The zero-order valence-electron chi connectivity index (χ0n) is 13.2. The van der Waals surface area contributed by atoms with Crippen molar-refractivity contribution in [2.24, 2.45) is 11.8 Å². The first-order chi connectivity index (χ1) is 11.8. The molecule has 2 fully saturated rings. The van der Waals surface area contributed by atoms with E-state index in [0.717, 1.165) is 24.6 Å². The molecule has 7 heteroatoms. The topological polar surface area (TPSA) is 80.2 Å². The number of ether oxygens (including phenoxy) is 1. The number of carbonyl (C=O) groups excluding carboxylic acids is 1. The Balaban J connectivity index is 1.38. The van der Waals surface area contributed by atoms with E-state index in [9.17, 15) is 4.79 Å². The van der Waals surface area contributed by atoms with Crippen LogP contribution in [0.5, 0.6) is 0 Å². The normalized spacial score (nSPS) is 25.5. The third kappa shape index (κ3) is 2.94. The molecule has 3 atom stereocenters. The van der Waals surface area contributed by atoms with Gasteiger partial charge >= 0.3 is 0 Å². The van der Waals surface area contributed by atoms with Crippen molar-refractivity contribution in [2.75, 3.05) is 24.6 Å². The molecule has 24 heavy (non-hydrogen) atoms. The summed E-state index contributed by atoms with van der Waals surface area (Å²) in [6, 6.07) is 7.57. The second-order valence-electron chi connectivity index (χ2n) is 6.15. The molecule has 0 aliphatic carbocycles. The van der Waals surface area contributed by atoms with E-state index in [1.54, 1.807) is 18.7 Å². The molecule has 4 rings (SSSR count). The summed E-state index contributed by atoms with van der Waals surface area (Å²) in [6.07, 6.45) is 5.09. The van der Waals surface area contributed by atoms with Gasteiger partial charge < -0.3 is 15.0 Å². The van der Waals surface area contributed by atoms with Gasteiger partial charge in [0.1, 0.15) is 12.1 Å². The molecule has 7 nitrogen and oxygen atoms in total. The average molecular weight is 325 g/mol. The lowest BCUT2D eigenvalue weighted by molar-refractivity contribution is -0.126. The number of hydrogen-bond donors (Lipinski definition) is 1. The van der Waals surface area contributed by atoms with E-state index in [-0.39, 0.29) is 23.8 Å². The number of anilines is 1. The molecular weight excluding hydrogens is 306 g/mol. The summed E-state index contributed by atoms with van der Waals surface area (Å²) < 4.78 is 5.85. The van der Waals surface area contributed by atoms with Crippen LogP contribution in [-0.2, 0) is 16.1 Å². The van der Waals surface area contributed by atoms with E-state index < -0.39 is 0 Å². The summed E-state index contributed by atoms with van der Waals surface area (Å²) in [4.78, 5) is 27.2. The minimum absolute atomic E-state index is 0.0395. The molecule has 2 aliphatic rings. The van der Waals surface area contributed by atoms with Crippen molar-refractivity contribution < 1.29 is 9.53 Å². The van der Waals surface area contributed by atoms with Gasteiger partial charge in [-0.25, -0.2) is 9.97 Å². The minimum atomic E-state index is -0.120. The number of amides is 1. The van der Waals surface area contributed by atoms with Gasteiger partial charge in [0.25, 0.3) is 0 Å². The highest BCUT2D eigenvalue weighted by Gasteiger charge is 2.47. The van der Waals surface area contributed by atoms with E-state index >= 15 is 0 Å². The molecule has 124 valence electrons. The molecule has 0 spiro atoms. The summed E-state index contributed by atoms with van der Waals surface area (Å²) >= 11 is 0. The number of nitrogens with zero attached hydrogens (tertiary/aromatic N) is 4. The van der Waals surface area contributed by atoms with Crippen LogP contribution in [0.2, 0.25) is 0 Å². The average Bonchev–Trinajstić information content (AvgIpc) is 3.22. The van der Waals surface area contributed by atoms with Crippen LogP contribution in [0.1, 0.15) is 5.69 Å². The van der Waals surface area contributed by atoms with Crippen molar-refractivity contribution in [1.29, 1.82) is 0 Å². The van der Waals surface area contributed by atoms with Crippen LogP contribution >= 0.6 is 0 Å². The van der Waals surface area contributed by atoms with E-state index in [1.165, 1.54) is 0 Å². The number of carbonyl (C=O) groups is 1. The van der Waals surface area contributed by atoms with E-state index in [4.69, 9.17) is 4.74 Å². The van der Waals surface area contributed by atoms with Crippen molar-refractivity contribution in [2.45, 2.75) is 12.6 Å². The molecule has 0 saturated carbocycles. The van der Waals surface area contributed by atoms with E-state index in [0.29, 0.717) is 13.2 Å². The quantitative estimate of drug-likeness (QED) is 0.888. The number of pyridine rings is 1. The maximum atomic E-state index is 12.5. The monoisotopic (exact) mass is 325 g/mol. The predicted molar refractivity (Wildman–Crippen MR) is 87.0 cm³/mol. The fraction of sp³-hybridized carbons (Fsp3) is 0.412. The van der Waals surface area contributed by atoms with Crippen molar-refractivity contribution in [1.82, 2.24) is 20.3 Å². The van der Waals surface area contributed by atoms with Gasteiger partial charge in [-0.1, -0.05) is 6.07 Å². The van der Waals surface area contributed by atoms with Gasteiger partial charge in [0, 0.05) is 31.4 Å². The molecule has 2 aromatic rings. The van der Waals surface area contributed by atoms with Crippen LogP contribution in [0.15, 0.2) is 43.0 Å². The summed E-state index contributed by atoms with van der Waals surface area (Å²) in [5.74, 6) is 1.00. The summed E-state index contributed by atoms with van der Waals surface area (Å²) in [5.41, 5.74) is 0.857. The lowest BCUT2D eigenvalue weighted by Gasteiger charge is -2.20. The van der Waals surface area contributed by atoms with Crippen LogP contribution in [0.3, 0.4) is 0 Å². The number of nitrogens with one attached hydrogen (secondary N) is 1. The number of hydrogen-bond acceptors (Lipinski definition) is 6. The Labute approximate surface area is 140 Å². The lowest BCUT2D eigenvalue weighted by Crippen LogP contribution is -2.36. The Morgan fingerprint density at radius 3 is 3.00 bits per heavy atom. The highest BCUT2D eigenvalue weighted by Crippen LogP contribution is 2.35. The van der Waals surface area contributed by atoms with Gasteiger partial charge in [-0.2, -0.15) is 0 Å². The molecule has 0 aromatic carbocycles. The summed E-state index contributed by atoms with van der Waals surface area (Å²) in [5, 5.41) is 2.98.